The summed E-state index contributed by atoms with van der Waals surface area (Å²) >= 11 is 0. The van der Waals surface area contributed by atoms with Crippen molar-refractivity contribution < 1.29 is 19.1 Å². The first-order valence-electron chi connectivity index (χ1n) is 18.5. The molecule has 0 saturated carbocycles. The second-order valence-corrected chi connectivity index (χ2v) is 13.3. The number of piperazine rings is 1. The number of nitrogens with one attached hydrogen (secondary N) is 2. The first-order valence-corrected chi connectivity index (χ1v) is 18.5. The zero-order valence-corrected chi connectivity index (χ0v) is 30.6. The van der Waals surface area contributed by atoms with Crippen molar-refractivity contribution >= 4 is 35.2 Å². The second kappa shape index (κ2) is 19.7. The minimum Gasteiger partial charge on any atom is -0.481 e. The molecule has 2 aromatic rings. The number of likely N-dealkylation sites (N-methyl/N-ethyl adjacent to an activating group) is 1. The van der Waals surface area contributed by atoms with Gasteiger partial charge in [0.15, 0.2) is 11.9 Å². The van der Waals surface area contributed by atoms with Gasteiger partial charge in [-0.15, -0.1) is 0 Å². The third-order valence-electron chi connectivity index (χ3n) is 10.0. The van der Waals surface area contributed by atoms with Crippen LogP contribution in [0.25, 0.3) is 0 Å². The maximum atomic E-state index is 12.3. The summed E-state index contributed by atoms with van der Waals surface area (Å²) in [6.45, 7) is 11.1. The summed E-state index contributed by atoms with van der Waals surface area (Å²) in [5, 5.41) is 10.8. The summed E-state index contributed by atoms with van der Waals surface area (Å²) in [6.07, 6.45) is 8.31. The lowest BCUT2D eigenvalue weighted by molar-refractivity contribution is -0.128. The number of carbonyl (C=O) groups is 3. The molecular formula is C40H57N7O4. The molecule has 0 spiro atoms. The molecule has 1 aliphatic carbocycles. The van der Waals surface area contributed by atoms with E-state index >= 15 is 0 Å². The summed E-state index contributed by atoms with van der Waals surface area (Å²) in [5.41, 5.74) is 16.8. The van der Waals surface area contributed by atoms with E-state index in [0.29, 0.717) is 42.2 Å². The number of amidine groups is 1. The van der Waals surface area contributed by atoms with Gasteiger partial charge in [0.2, 0.25) is 0 Å². The quantitative estimate of drug-likeness (QED) is 0.0944. The Labute approximate surface area is 303 Å². The summed E-state index contributed by atoms with van der Waals surface area (Å²) in [6, 6.07) is 16.2. The highest BCUT2D eigenvalue weighted by Gasteiger charge is 2.26. The third-order valence-corrected chi connectivity index (χ3v) is 10.0. The Morgan fingerprint density at radius 2 is 1.57 bits per heavy atom. The van der Waals surface area contributed by atoms with Crippen LogP contribution in [0.4, 0.5) is 11.4 Å². The molecule has 51 heavy (non-hydrogen) atoms. The van der Waals surface area contributed by atoms with E-state index in [2.05, 4.69) is 32.1 Å². The molecule has 0 radical (unpaired) electrons. The maximum Gasteiger partial charge on any atom is 0.260 e. The van der Waals surface area contributed by atoms with E-state index < -0.39 is 6.10 Å². The Morgan fingerprint density at radius 3 is 2.14 bits per heavy atom. The smallest absolute Gasteiger partial charge is 0.260 e. The summed E-state index contributed by atoms with van der Waals surface area (Å²) in [5.74, 6) is 0.720. The standard InChI is InChI=1S/C38H51N7O4.C2H6/c1-42-38(48)36(7-4-24-46)49-31-14-12-30(13-15-31)45-22-20-43(21-23-45)26-27-16-18-44(19-17-27)29-10-8-28(9-11-29)33(37(40)41)25-34(39)32-5-2-3-6-35(32)47;1-2/h3,6,8-15,24,27,33,36H,2,4-5,7,16-23,25-26,39H2,1H3,(H3,40,41)(H,42,48);1-2H3/b34-32-;. The van der Waals surface area contributed by atoms with Gasteiger partial charge in [-0.05, 0) is 79.6 Å². The highest BCUT2D eigenvalue weighted by molar-refractivity contribution is 6.05. The van der Waals surface area contributed by atoms with Crippen molar-refractivity contribution in [3.63, 3.8) is 0 Å². The van der Waals surface area contributed by atoms with Gasteiger partial charge in [0.1, 0.15) is 12.0 Å². The van der Waals surface area contributed by atoms with Crippen molar-refractivity contribution in [2.24, 2.45) is 17.4 Å². The van der Waals surface area contributed by atoms with Crippen molar-refractivity contribution in [1.82, 2.24) is 10.2 Å². The van der Waals surface area contributed by atoms with Crippen LogP contribution in [0.1, 0.15) is 70.3 Å². The van der Waals surface area contributed by atoms with E-state index in [9.17, 15) is 14.4 Å². The van der Waals surface area contributed by atoms with E-state index in [1.165, 1.54) is 5.69 Å². The van der Waals surface area contributed by atoms with Crippen LogP contribution in [-0.2, 0) is 14.4 Å². The number of anilines is 2. The maximum absolute atomic E-state index is 12.3. The fourth-order valence-electron chi connectivity index (χ4n) is 7.08. The van der Waals surface area contributed by atoms with Gasteiger partial charge < -0.3 is 36.1 Å². The number of benzene rings is 2. The molecule has 0 aromatic heterocycles. The van der Waals surface area contributed by atoms with Gasteiger partial charge in [-0.3, -0.25) is 19.9 Å². The van der Waals surface area contributed by atoms with E-state index in [0.717, 1.165) is 82.6 Å². The van der Waals surface area contributed by atoms with Gasteiger partial charge in [0.05, 0.1) is 5.84 Å². The normalized spacial score (nSPS) is 19.0. The Morgan fingerprint density at radius 1 is 0.961 bits per heavy atom. The van der Waals surface area contributed by atoms with Crippen molar-refractivity contribution in [1.29, 1.82) is 5.41 Å². The van der Waals surface area contributed by atoms with Crippen LogP contribution in [0.15, 0.2) is 72.0 Å². The molecule has 6 N–H and O–H groups in total. The molecule has 2 aliphatic heterocycles. The minimum absolute atomic E-state index is 0.0377. The van der Waals surface area contributed by atoms with Crippen LogP contribution in [-0.4, -0.2) is 87.7 Å². The number of hydrogen-bond donors (Lipinski definition) is 4. The van der Waals surface area contributed by atoms with E-state index in [4.69, 9.17) is 21.6 Å². The van der Waals surface area contributed by atoms with E-state index in [-0.39, 0.29) is 29.9 Å². The number of nitrogens with two attached hydrogens (primary N) is 2. The molecule has 2 fully saturated rings. The number of amides is 1. The third kappa shape index (κ3) is 10.9. The summed E-state index contributed by atoms with van der Waals surface area (Å²) in [4.78, 5) is 42.6. The molecule has 2 atom stereocenters. The molecule has 276 valence electrons. The van der Waals surface area contributed by atoms with Crippen molar-refractivity contribution in [2.45, 2.75) is 70.8 Å². The van der Waals surface area contributed by atoms with Gasteiger partial charge in [-0.1, -0.05) is 32.1 Å². The fourth-order valence-corrected chi connectivity index (χ4v) is 7.08. The topological polar surface area (TPSA) is 158 Å². The Balaban J connectivity index is 0.00000286. The summed E-state index contributed by atoms with van der Waals surface area (Å²) < 4.78 is 5.88. The monoisotopic (exact) mass is 699 g/mol. The molecule has 11 nitrogen and oxygen atoms in total. The molecule has 2 aromatic carbocycles. The number of piperidine rings is 1. The number of allylic oxidation sites excluding steroid dienone is 4. The van der Waals surface area contributed by atoms with Gasteiger partial charge in [-0.25, -0.2) is 0 Å². The first kappa shape index (κ1) is 39.2. The predicted octanol–water partition coefficient (Wildman–Crippen LogP) is 4.77. The van der Waals surface area contributed by atoms with Gasteiger partial charge in [-0.2, -0.15) is 0 Å². The van der Waals surface area contributed by atoms with Crippen LogP contribution in [0, 0.1) is 11.3 Å². The Bertz CT molecular complexity index is 1510. The van der Waals surface area contributed by atoms with E-state index in [1.54, 1.807) is 13.1 Å². The number of ether oxygens (including phenoxy) is 1. The number of carbonyl (C=O) groups excluding carboxylic acids is 3. The lowest BCUT2D eigenvalue weighted by Gasteiger charge is -2.40. The molecule has 5 rings (SSSR count). The molecule has 2 unspecified atom stereocenters. The molecule has 11 heteroatoms. The van der Waals surface area contributed by atoms with Crippen LogP contribution in [0.2, 0.25) is 0 Å². The SMILES string of the molecule is CC.CNC(=O)C(CCC=O)Oc1ccc(N2CCN(CC3CCN(c4ccc(C(C/C(N)=C5\CCC=CC5=O)C(=N)N)cc4)CC3)CC2)cc1. The lowest BCUT2D eigenvalue weighted by Crippen LogP contribution is -2.49. The summed E-state index contributed by atoms with van der Waals surface area (Å²) in [7, 11) is 1.57. The molecular weight excluding hydrogens is 642 g/mol. The van der Waals surface area contributed by atoms with Crippen molar-refractivity contribution in [3.8, 4) is 5.75 Å². The number of rotatable bonds is 14. The van der Waals surface area contributed by atoms with Crippen molar-refractivity contribution in [3.05, 3.63) is 77.5 Å². The molecule has 2 heterocycles. The molecule has 1 amide bonds. The highest BCUT2D eigenvalue weighted by Crippen LogP contribution is 2.30. The number of hydrogen-bond acceptors (Lipinski definition) is 9. The van der Waals surface area contributed by atoms with Crippen LogP contribution >= 0.6 is 0 Å². The number of nitrogens with zero attached hydrogens (tertiary/aromatic N) is 3. The lowest BCUT2D eigenvalue weighted by atomic mass is 9.89. The van der Waals surface area contributed by atoms with Crippen LogP contribution in [0.5, 0.6) is 5.75 Å². The average Bonchev–Trinajstić information content (AvgIpc) is 3.17. The number of aldehydes is 1. The minimum atomic E-state index is -0.685. The average molecular weight is 700 g/mol. The fraction of sp³-hybridized carbons (Fsp3) is 0.500. The number of ketones is 1. The largest absolute Gasteiger partial charge is 0.481 e. The second-order valence-electron chi connectivity index (χ2n) is 13.3. The highest BCUT2D eigenvalue weighted by atomic mass is 16.5. The van der Waals surface area contributed by atoms with Gasteiger partial charge in [0.25, 0.3) is 5.91 Å². The van der Waals surface area contributed by atoms with Gasteiger partial charge >= 0.3 is 0 Å². The Hall–Kier alpha value is -4.64. The molecule has 2 saturated heterocycles. The zero-order chi connectivity index (χ0) is 36.8. The van der Waals surface area contributed by atoms with Gasteiger partial charge in [0, 0.05) is 101 Å². The van der Waals surface area contributed by atoms with E-state index in [1.807, 2.05) is 56.3 Å². The van der Waals surface area contributed by atoms with Crippen LogP contribution < -0.4 is 31.3 Å². The molecule has 0 bridgehead atoms. The first-order chi connectivity index (χ1) is 24.7. The van der Waals surface area contributed by atoms with Crippen molar-refractivity contribution in [2.75, 3.05) is 62.7 Å². The molecule has 3 aliphatic rings. The van der Waals surface area contributed by atoms with Crippen LogP contribution in [0.3, 0.4) is 0 Å². The Kier molecular flexibility index (Phi) is 15.1. The predicted molar refractivity (Wildman–Crippen MR) is 205 cm³/mol. The zero-order valence-electron chi connectivity index (χ0n) is 30.6.